The third-order valence-corrected chi connectivity index (χ3v) is 10.4. The minimum Gasteiger partial charge on any atom is -0.356 e. The van der Waals surface area contributed by atoms with E-state index in [0.29, 0.717) is 18.8 Å². The summed E-state index contributed by atoms with van der Waals surface area (Å²) in [5.74, 6) is 3.54. The lowest BCUT2D eigenvalue weighted by molar-refractivity contribution is -0.0107. The molecule has 0 bridgehead atoms. The molecule has 186 valence electrons. The number of rotatable bonds is 9. The molecule has 3 aliphatic carbocycles. The van der Waals surface area contributed by atoms with E-state index in [9.17, 15) is 0 Å². The maximum Gasteiger partial charge on any atom is 0.159 e. The number of epoxide rings is 1. The van der Waals surface area contributed by atoms with Crippen molar-refractivity contribution >= 4 is 0 Å². The summed E-state index contributed by atoms with van der Waals surface area (Å²) in [6.07, 6.45) is 17.7. The smallest absolute Gasteiger partial charge is 0.159 e. The second kappa shape index (κ2) is 10.6. The Balaban J connectivity index is 1.23. The van der Waals surface area contributed by atoms with Crippen LogP contribution < -0.4 is 0 Å². The second-order valence-corrected chi connectivity index (χ2v) is 12.3. The monoisotopic (exact) mass is 452 g/mol. The van der Waals surface area contributed by atoms with E-state index in [0.717, 1.165) is 37.0 Å². The van der Waals surface area contributed by atoms with E-state index in [1.54, 1.807) is 0 Å². The van der Waals surface area contributed by atoms with E-state index in [1.807, 2.05) is 6.92 Å². The van der Waals surface area contributed by atoms with Crippen molar-refractivity contribution in [1.29, 1.82) is 0 Å². The molecular weight excluding hydrogens is 402 g/mol. The van der Waals surface area contributed by atoms with Gasteiger partial charge in [0.25, 0.3) is 0 Å². The summed E-state index contributed by atoms with van der Waals surface area (Å²) in [6, 6.07) is 0. The molecule has 0 N–H and O–H groups in total. The number of hydrogen-bond acceptors (Lipinski definition) is 1. The summed E-state index contributed by atoms with van der Waals surface area (Å²) in [4.78, 5) is 0. The van der Waals surface area contributed by atoms with Gasteiger partial charge in [-0.05, 0) is 94.3 Å². The molecule has 4 aliphatic rings. The van der Waals surface area contributed by atoms with Crippen LogP contribution in [0.4, 0.5) is 8.78 Å². The Morgan fingerprint density at radius 3 is 1.75 bits per heavy atom. The van der Waals surface area contributed by atoms with Crippen LogP contribution in [0.15, 0.2) is 0 Å². The van der Waals surface area contributed by atoms with Crippen molar-refractivity contribution in [2.45, 2.75) is 153 Å². The summed E-state index contributed by atoms with van der Waals surface area (Å²) in [7, 11) is 0. The molecule has 0 aromatic heterocycles. The highest BCUT2D eigenvalue weighted by atomic mass is 19.1. The minimum absolute atomic E-state index is 0.223. The Morgan fingerprint density at radius 1 is 0.688 bits per heavy atom. The maximum absolute atomic E-state index is 15.5. The van der Waals surface area contributed by atoms with Crippen molar-refractivity contribution in [2.75, 3.05) is 0 Å². The van der Waals surface area contributed by atoms with Gasteiger partial charge in [0.15, 0.2) is 5.60 Å². The fraction of sp³-hybridized carbons (Fsp3) is 1.00. The van der Waals surface area contributed by atoms with Gasteiger partial charge in [-0.25, -0.2) is 8.78 Å². The van der Waals surface area contributed by atoms with Crippen LogP contribution in [0.1, 0.15) is 130 Å². The van der Waals surface area contributed by atoms with Crippen LogP contribution in [-0.4, -0.2) is 23.5 Å². The molecule has 3 unspecified atom stereocenters. The predicted octanol–water partition coefficient (Wildman–Crippen LogP) is 8.98. The first kappa shape index (κ1) is 24.9. The Bertz CT molecular complexity index is 566. The van der Waals surface area contributed by atoms with E-state index < -0.39 is 23.5 Å². The Kier molecular flexibility index (Phi) is 8.27. The number of ether oxygens (including phenoxy) is 1. The highest BCUT2D eigenvalue weighted by Gasteiger charge is 2.76. The van der Waals surface area contributed by atoms with E-state index in [-0.39, 0.29) is 5.92 Å². The summed E-state index contributed by atoms with van der Waals surface area (Å²) in [5.41, 5.74) is -1.69. The van der Waals surface area contributed by atoms with Gasteiger partial charge in [0.05, 0.1) is 0 Å². The van der Waals surface area contributed by atoms with Gasteiger partial charge in [-0.1, -0.05) is 65.2 Å². The molecule has 4 fully saturated rings. The Morgan fingerprint density at radius 2 is 1.22 bits per heavy atom. The number of halogens is 2. The topological polar surface area (TPSA) is 12.5 Å². The molecule has 1 saturated heterocycles. The van der Waals surface area contributed by atoms with Crippen LogP contribution in [0.5, 0.6) is 0 Å². The standard InChI is InChI=1S/C29H50F2O/c1-4-6-7-8-18-28(3)29(32-28)26(30)19-25(20-27(29)31)24-16-14-23(15-17-24)22-12-10-21(9-5-2)11-13-22/h21-27H,4-20H2,1-3H3. The van der Waals surface area contributed by atoms with Gasteiger partial charge < -0.3 is 4.74 Å². The van der Waals surface area contributed by atoms with Crippen molar-refractivity contribution in [2.24, 2.45) is 29.6 Å². The van der Waals surface area contributed by atoms with Crippen molar-refractivity contribution in [3.05, 3.63) is 0 Å². The van der Waals surface area contributed by atoms with Gasteiger partial charge in [-0.2, -0.15) is 0 Å². The van der Waals surface area contributed by atoms with Gasteiger partial charge in [0.2, 0.25) is 0 Å². The summed E-state index contributed by atoms with van der Waals surface area (Å²) >= 11 is 0. The first-order chi connectivity index (χ1) is 15.4. The first-order valence-corrected chi connectivity index (χ1v) is 14.4. The zero-order chi connectivity index (χ0) is 22.8. The van der Waals surface area contributed by atoms with Gasteiger partial charge in [0.1, 0.15) is 17.9 Å². The summed E-state index contributed by atoms with van der Waals surface area (Å²) in [5, 5.41) is 0. The first-order valence-electron chi connectivity index (χ1n) is 14.4. The van der Waals surface area contributed by atoms with Crippen LogP contribution in [0, 0.1) is 29.6 Å². The molecule has 32 heavy (non-hydrogen) atoms. The molecule has 1 aliphatic heterocycles. The molecule has 0 radical (unpaired) electrons. The molecule has 0 aromatic carbocycles. The van der Waals surface area contributed by atoms with Crippen LogP contribution in [0.25, 0.3) is 0 Å². The zero-order valence-corrected chi connectivity index (χ0v) is 21.2. The lowest BCUT2D eigenvalue weighted by Crippen LogP contribution is -2.49. The van der Waals surface area contributed by atoms with Gasteiger partial charge in [-0.3, -0.25) is 0 Å². The second-order valence-electron chi connectivity index (χ2n) is 12.3. The predicted molar refractivity (Wildman–Crippen MR) is 129 cm³/mol. The SMILES string of the molecule is CCCCCCC1(C)OC12C(F)CC(C1CCC(C3CCC(CCC)CC3)CC1)CC2F. The zero-order valence-electron chi connectivity index (χ0n) is 21.2. The number of unbranched alkanes of at least 4 members (excludes halogenated alkanes) is 3. The van der Waals surface area contributed by atoms with Crippen molar-refractivity contribution < 1.29 is 13.5 Å². The fourth-order valence-corrected chi connectivity index (χ4v) is 8.28. The van der Waals surface area contributed by atoms with Crippen molar-refractivity contribution in [3.8, 4) is 0 Å². The molecule has 3 heteroatoms. The fourth-order valence-electron chi connectivity index (χ4n) is 8.28. The van der Waals surface area contributed by atoms with Gasteiger partial charge >= 0.3 is 0 Å². The minimum atomic E-state index is -1.13. The van der Waals surface area contributed by atoms with Gasteiger partial charge in [-0.15, -0.1) is 0 Å². The molecule has 1 nitrogen and oxygen atoms in total. The molecular formula is C29H50F2O. The third kappa shape index (κ3) is 4.94. The van der Waals surface area contributed by atoms with Crippen molar-refractivity contribution in [3.63, 3.8) is 0 Å². The molecule has 1 heterocycles. The summed E-state index contributed by atoms with van der Waals surface area (Å²) in [6.45, 7) is 6.48. The molecule has 4 rings (SSSR count). The summed E-state index contributed by atoms with van der Waals surface area (Å²) < 4.78 is 36.8. The largest absolute Gasteiger partial charge is 0.356 e. The van der Waals surface area contributed by atoms with Crippen LogP contribution in [-0.2, 0) is 4.74 Å². The third-order valence-electron chi connectivity index (χ3n) is 10.4. The maximum atomic E-state index is 15.5. The average molecular weight is 453 g/mol. The van der Waals surface area contributed by atoms with Gasteiger partial charge in [0, 0.05) is 0 Å². The Hall–Kier alpha value is -0.180. The van der Waals surface area contributed by atoms with Crippen LogP contribution in [0.2, 0.25) is 0 Å². The number of hydrogen-bond donors (Lipinski definition) is 0. The normalized spacial score (nSPS) is 47.0. The Labute approximate surface area is 196 Å². The quantitative estimate of drug-likeness (QED) is 0.251. The molecule has 1 spiro atoms. The van der Waals surface area contributed by atoms with E-state index in [2.05, 4.69) is 13.8 Å². The molecule has 0 aromatic rings. The van der Waals surface area contributed by atoms with Crippen LogP contribution in [0.3, 0.4) is 0 Å². The molecule has 3 saturated carbocycles. The lowest BCUT2D eigenvalue weighted by Gasteiger charge is -2.43. The number of alkyl halides is 2. The highest BCUT2D eigenvalue weighted by molar-refractivity contribution is 5.23. The van der Waals surface area contributed by atoms with E-state index in [1.165, 1.54) is 77.0 Å². The van der Waals surface area contributed by atoms with E-state index >= 15 is 8.78 Å². The van der Waals surface area contributed by atoms with Crippen LogP contribution >= 0.6 is 0 Å². The highest BCUT2D eigenvalue weighted by Crippen LogP contribution is 2.62. The molecule has 3 atom stereocenters. The molecule has 0 amide bonds. The van der Waals surface area contributed by atoms with Crippen molar-refractivity contribution in [1.82, 2.24) is 0 Å². The lowest BCUT2D eigenvalue weighted by atomic mass is 9.63. The average Bonchev–Trinajstić information content (AvgIpc) is 3.43. The van der Waals surface area contributed by atoms with E-state index in [4.69, 9.17) is 4.74 Å².